The van der Waals surface area contributed by atoms with E-state index >= 15 is 0 Å². The summed E-state index contributed by atoms with van der Waals surface area (Å²) in [4.78, 5) is 11.3. The topological polar surface area (TPSA) is 29.1 Å². The Morgan fingerprint density at radius 3 is 2.53 bits per heavy atom. The van der Waals surface area contributed by atoms with Crippen molar-refractivity contribution in [2.24, 2.45) is 0 Å². The molecule has 3 nitrogen and oxygen atoms in total. The van der Waals surface area contributed by atoms with E-state index in [-0.39, 0.29) is 5.91 Å². The van der Waals surface area contributed by atoms with Crippen LogP contribution in [-0.4, -0.2) is 44.6 Å². The van der Waals surface area contributed by atoms with E-state index in [0.29, 0.717) is 0 Å². The van der Waals surface area contributed by atoms with Gasteiger partial charge in [-0.3, -0.25) is 4.79 Å². The quantitative estimate of drug-likeness (QED) is 0.388. The molecular weight excluding hydrogens is 188 g/mol. The lowest BCUT2D eigenvalue weighted by molar-refractivity contribution is -0.869. The van der Waals surface area contributed by atoms with Crippen molar-refractivity contribution in [1.82, 2.24) is 5.32 Å². The minimum Gasteiger partial charge on any atom is -0.347 e. The number of carbonyl (C=O) groups is 1. The van der Waals surface area contributed by atoms with Gasteiger partial charge in [0, 0.05) is 0 Å². The Kier molecular flexibility index (Phi) is 7.05. The molecule has 0 spiro atoms. The zero-order valence-corrected chi connectivity index (χ0v) is 10.5. The summed E-state index contributed by atoms with van der Waals surface area (Å²) < 4.78 is 0.875. The number of carbonyl (C=O) groups excluding carboxylic acids is 1. The molecule has 3 heteroatoms. The summed E-state index contributed by atoms with van der Waals surface area (Å²) in [6.07, 6.45) is 6.92. The Bertz CT molecular complexity index is 204. The predicted octanol–water partition coefficient (Wildman–Crippen LogP) is 1.56. The zero-order chi connectivity index (χ0) is 11.7. The molecule has 0 aliphatic carbocycles. The van der Waals surface area contributed by atoms with Gasteiger partial charge < -0.3 is 9.80 Å². The monoisotopic (exact) mass is 213 g/mol. The van der Waals surface area contributed by atoms with E-state index in [9.17, 15) is 4.79 Å². The zero-order valence-electron chi connectivity index (χ0n) is 10.5. The normalized spacial score (nSPS) is 12.0. The van der Waals surface area contributed by atoms with Gasteiger partial charge in [-0.2, -0.15) is 0 Å². The molecule has 0 fully saturated rings. The van der Waals surface area contributed by atoms with E-state index in [1.165, 1.54) is 6.42 Å². The molecule has 15 heavy (non-hydrogen) atoms. The fourth-order valence-corrected chi connectivity index (χ4v) is 1.09. The molecule has 1 amide bonds. The van der Waals surface area contributed by atoms with Gasteiger partial charge in [-0.1, -0.05) is 25.8 Å². The first kappa shape index (κ1) is 14.2. The number of quaternary nitrogens is 1. The molecule has 0 unspecified atom stereocenters. The minimum atomic E-state index is 0.0274. The molecule has 1 N–H and O–H groups in total. The molecule has 0 radical (unpaired) electrons. The molecule has 0 aromatic rings. The molecule has 88 valence electrons. The molecule has 0 heterocycles. The average molecular weight is 213 g/mol. The standard InChI is InChI=1S/C12H24N2O/c1-5-6-7-8-9-12(15)13-10-11-14(2,3)4/h8-9H,5-7,10-11H2,1-4H3/p+1/b9-8+. The molecular formula is C12H25N2O+. The molecule has 0 saturated carbocycles. The van der Waals surface area contributed by atoms with Crippen molar-refractivity contribution < 1.29 is 9.28 Å². The van der Waals surface area contributed by atoms with Gasteiger partial charge in [-0.15, -0.1) is 0 Å². The van der Waals surface area contributed by atoms with Gasteiger partial charge in [0.05, 0.1) is 34.2 Å². The Balaban J connectivity index is 3.53. The van der Waals surface area contributed by atoms with Crippen LogP contribution in [0.2, 0.25) is 0 Å². The van der Waals surface area contributed by atoms with E-state index in [2.05, 4.69) is 33.4 Å². The number of likely N-dealkylation sites (N-methyl/N-ethyl adjacent to an activating group) is 1. The number of nitrogens with one attached hydrogen (secondary N) is 1. The van der Waals surface area contributed by atoms with Crippen molar-refractivity contribution in [3.05, 3.63) is 12.2 Å². The summed E-state index contributed by atoms with van der Waals surface area (Å²) in [7, 11) is 6.34. The van der Waals surface area contributed by atoms with Gasteiger partial charge in [0.15, 0.2) is 0 Å². The molecule has 0 saturated heterocycles. The Labute approximate surface area is 93.7 Å². The SMILES string of the molecule is CCCC/C=C/C(=O)NCC[N+](C)(C)C. The fraction of sp³-hybridized carbons (Fsp3) is 0.750. The largest absolute Gasteiger partial charge is 0.347 e. The van der Waals surface area contributed by atoms with Crippen LogP contribution >= 0.6 is 0 Å². The van der Waals surface area contributed by atoms with Crippen molar-refractivity contribution in [2.45, 2.75) is 26.2 Å². The van der Waals surface area contributed by atoms with Crippen molar-refractivity contribution in [2.75, 3.05) is 34.2 Å². The van der Waals surface area contributed by atoms with Crippen molar-refractivity contribution in [1.29, 1.82) is 0 Å². The number of hydrogen-bond donors (Lipinski definition) is 1. The summed E-state index contributed by atoms with van der Waals surface area (Å²) >= 11 is 0. The third-order valence-electron chi connectivity index (χ3n) is 2.08. The third kappa shape index (κ3) is 11.1. The van der Waals surface area contributed by atoms with Crippen LogP contribution in [0.1, 0.15) is 26.2 Å². The molecule has 0 rings (SSSR count). The summed E-state index contributed by atoms with van der Waals surface area (Å²) in [5, 5.41) is 2.87. The van der Waals surface area contributed by atoms with Gasteiger partial charge in [-0.25, -0.2) is 0 Å². The van der Waals surface area contributed by atoms with Crippen LogP contribution in [0.3, 0.4) is 0 Å². The average Bonchev–Trinajstić information content (AvgIpc) is 2.10. The van der Waals surface area contributed by atoms with Crippen molar-refractivity contribution in [3.63, 3.8) is 0 Å². The lowest BCUT2D eigenvalue weighted by atomic mass is 10.2. The van der Waals surface area contributed by atoms with Gasteiger partial charge in [0.1, 0.15) is 0 Å². The number of amides is 1. The summed E-state index contributed by atoms with van der Waals surface area (Å²) in [6.45, 7) is 3.84. The first-order chi connectivity index (χ1) is 6.95. The molecule has 0 atom stereocenters. The molecule has 0 aliphatic heterocycles. The second kappa shape index (κ2) is 7.46. The van der Waals surface area contributed by atoms with Crippen LogP contribution in [0.5, 0.6) is 0 Å². The highest BCUT2D eigenvalue weighted by Gasteiger charge is 2.05. The minimum absolute atomic E-state index is 0.0274. The maximum Gasteiger partial charge on any atom is 0.243 e. The van der Waals surface area contributed by atoms with Crippen LogP contribution in [0.15, 0.2) is 12.2 Å². The summed E-state index contributed by atoms with van der Waals surface area (Å²) in [5.41, 5.74) is 0. The van der Waals surface area contributed by atoms with Crippen molar-refractivity contribution >= 4 is 5.91 Å². The van der Waals surface area contributed by atoms with E-state index in [4.69, 9.17) is 0 Å². The van der Waals surface area contributed by atoms with Crippen LogP contribution in [0.25, 0.3) is 0 Å². The van der Waals surface area contributed by atoms with E-state index in [0.717, 1.165) is 30.4 Å². The van der Waals surface area contributed by atoms with Gasteiger partial charge in [0.25, 0.3) is 0 Å². The van der Waals surface area contributed by atoms with Gasteiger partial charge >= 0.3 is 0 Å². The maximum absolute atomic E-state index is 11.3. The van der Waals surface area contributed by atoms with Crippen LogP contribution < -0.4 is 5.32 Å². The summed E-state index contributed by atoms with van der Waals surface area (Å²) in [6, 6.07) is 0. The maximum atomic E-state index is 11.3. The number of allylic oxidation sites excluding steroid dienone is 1. The first-order valence-electron chi connectivity index (χ1n) is 5.70. The molecule has 0 aliphatic rings. The lowest BCUT2D eigenvalue weighted by Gasteiger charge is -2.23. The van der Waals surface area contributed by atoms with Gasteiger partial charge in [-0.05, 0) is 12.5 Å². The van der Waals surface area contributed by atoms with E-state index < -0.39 is 0 Å². The fourth-order valence-electron chi connectivity index (χ4n) is 1.09. The molecule has 0 aromatic carbocycles. The number of unbranched alkanes of at least 4 members (excludes halogenated alkanes) is 2. The van der Waals surface area contributed by atoms with E-state index in [1.54, 1.807) is 6.08 Å². The Morgan fingerprint density at radius 2 is 2.00 bits per heavy atom. The number of hydrogen-bond acceptors (Lipinski definition) is 1. The highest BCUT2D eigenvalue weighted by molar-refractivity contribution is 5.87. The molecule has 0 bridgehead atoms. The second-order valence-electron chi connectivity index (χ2n) is 4.85. The van der Waals surface area contributed by atoms with E-state index in [1.807, 2.05) is 6.08 Å². The second-order valence-corrected chi connectivity index (χ2v) is 4.85. The summed E-state index contributed by atoms with van der Waals surface area (Å²) in [5.74, 6) is 0.0274. The van der Waals surface area contributed by atoms with Crippen LogP contribution in [0, 0.1) is 0 Å². The number of nitrogens with zero attached hydrogens (tertiary/aromatic N) is 1. The predicted molar refractivity (Wildman–Crippen MR) is 64.6 cm³/mol. The third-order valence-corrected chi connectivity index (χ3v) is 2.08. The smallest absolute Gasteiger partial charge is 0.243 e. The van der Waals surface area contributed by atoms with Crippen molar-refractivity contribution in [3.8, 4) is 0 Å². The Hall–Kier alpha value is -0.830. The number of rotatable bonds is 7. The van der Waals surface area contributed by atoms with Gasteiger partial charge in [0.2, 0.25) is 5.91 Å². The molecule has 0 aromatic heterocycles. The first-order valence-corrected chi connectivity index (χ1v) is 5.70. The van der Waals surface area contributed by atoms with Crippen LogP contribution in [-0.2, 0) is 4.79 Å². The van der Waals surface area contributed by atoms with Crippen LogP contribution in [0.4, 0.5) is 0 Å². The highest BCUT2D eigenvalue weighted by atomic mass is 16.1. The highest BCUT2D eigenvalue weighted by Crippen LogP contribution is 1.94. The Morgan fingerprint density at radius 1 is 1.33 bits per heavy atom. The lowest BCUT2D eigenvalue weighted by Crippen LogP contribution is -2.41.